The van der Waals surface area contributed by atoms with Crippen LogP contribution in [0.5, 0.6) is 5.75 Å². The molecule has 114 valence electrons. The van der Waals surface area contributed by atoms with Crippen LogP contribution in [0.1, 0.15) is 45.6 Å². The summed E-state index contributed by atoms with van der Waals surface area (Å²) in [6.45, 7) is 9.10. The van der Waals surface area contributed by atoms with Crippen molar-refractivity contribution in [3.05, 3.63) is 29.8 Å². The van der Waals surface area contributed by atoms with Crippen LogP contribution in [0.3, 0.4) is 0 Å². The number of benzene rings is 1. The third kappa shape index (κ3) is 6.95. The Balaban J connectivity index is 2.51. The van der Waals surface area contributed by atoms with Gasteiger partial charge in [-0.2, -0.15) is 0 Å². The van der Waals surface area contributed by atoms with Crippen LogP contribution in [-0.4, -0.2) is 20.2 Å². The number of ether oxygens (including phenoxy) is 1. The molecule has 1 aromatic carbocycles. The third-order valence-electron chi connectivity index (χ3n) is 3.70. The molecule has 0 saturated carbocycles. The van der Waals surface area contributed by atoms with E-state index in [0.29, 0.717) is 0 Å². The number of methoxy groups -OCH3 is 1. The van der Waals surface area contributed by atoms with Gasteiger partial charge < -0.3 is 10.1 Å². The summed E-state index contributed by atoms with van der Waals surface area (Å²) in [4.78, 5) is 0. The zero-order valence-electron chi connectivity index (χ0n) is 13.6. The van der Waals surface area contributed by atoms with Gasteiger partial charge in [0.05, 0.1) is 7.11 Å². The van der Waals surface area contributed by atoms with Gasteiger partial charge in [-0.3, -0.25) is 0 Å². The van der Waals surface area contributed by atoms with Crippen LogP contribution in [-0.2, 0) is 6.42 Å². The van der Waals surface area contributed by atoms with Gasteiger partial charge in [0.2, 0.25) is 0 Å². The zero-order chi connectivity index (χ0) is 14.8. The summed E-state index contributed by atoms with van der Waals surface area (Å²) in [6.07, 6.45) is 4.99. The lowest BCUT2D eigenvalue weighted by atomic mass is 9.91. The van der Waals surface area contributed by atoms with E-state index in [2.05, 4.69) is 50.4 Å². The molecule has 0 aliphatic carbocycles. The van der Waals surface area contributed by atoms with Crippen molar-refractivity contribution in [3.63, 3.8) is 0 Å². The Labute approximate surface area is 124 Å². The standard InChI is InChI=1S/C18H31NO/c1-5-12-19-14-17(7-6-15(2)3)13-16-8-10-18(20-4)11-9-16/h8-11,15,17,19H,5-7,12-14H2,1-4H3. The molecular weight excluding hydrogens is 246 g/mol. The lowest BCUT2D eigenvalue weighted by Gasteiger charge is -2.19. The molecule has 0 radical (unpaired) electrons. The molecule has 0 bridgehead atoms. The van der Waals surface area contributed by atoms with Crippen LogP contribution in [0.15, 0.2) is 24.3 Å². The summed E-state index contributed by atoms with van der Waals surface area (Å²) in [5.41, 5.74) is 1.41. The van der Waals surface area contributed by atoms with E-state index in [9.17, 15) is 0 Å². The first kappa shape index (κ1) is 17.0. The second-order valence-corrected chi connectivity index (χ2v) is 6.09. The number of hydrogen-bond acceptors (Lipinski definition) is 2. The van der Waals surface area contributed by atoms with Crippen molar-refractivity contribution in [2.24, 2.45) is 11.8 Å². The van der Waals surface area contributed by atoms with Gasteiger partial charge in [0, 0.05) is 0 Å². The quantitative estimate of drug-likeness (QED) is 0.644. The molecule has 0 aliphatic heterocycles. The van der Waals surface area contributed by atoms with Crippen molar-refractivity contribution in [1.29, 1.82) is 0 Å². The molecule has 0 saturated heterocycles. The van der Waals surface area contributed by atoms with Crippen LogP contribution in [0.4, 0.5) is 0 Å². The van der Waals surface area contributed by atoms with E-state index < -0.39 is 0 Å². The Morgan fingerprint density at radius 1 is 1.10 bits per heavy atom. The summed E-state index contributed by atoms with van der Waals surface area (Å²) in [7, 11) is 1.72. The first-order chi connectivity index (χ1) is 9.65. The van der Waals surface area contributed by atoms with Crippen LogP contribution >= 0.6 is 0 Å². The Bertz CT molecular complexity index is 345. The van der Waals surface area contributed by atoms with Crippen molar-refractivity contribution >= 4 is 0 Å². The van der Waals surface area contributed by atoms with Crippen LogP contribution in [0.25, 0.3) is 0 Å². The molecule has 0 spiro atoms. The largest absolute Gasteiger partial charge is 0.497 e. The van der Waals surface area contributed by atoms with Gasteiger partial charge in [0.25, 0.3) is 0 Å². The van der Waals surface area contributed by atoms with Crippen LogP contribution in [0.2, 0.25) is 0 Å². The SMILES string of the molecule is CCCNCC(CCC(C)C)Cc1ccc(OC)cc1. The maximum absolute atomic E-state index is 5.22. The highest BCUT2D eigenvalue weighted by Crippen LogP contribution is 2.19. The van der Waals surface area contributed by atoms with E-state index in [1.54, 1.807) is 7.11 Å². The fourth-order valence-electron chi connectivity index (χ4n) is 2.42. The molecule has 2 nitrogen and oxygen atoms in total. The summed E-state index contributed by atoms with van der Waals surface area (Å²) in [5.74, 6) is 2.47. The van der Waals surface area contributed by atoms with Crippen LogP contribution < -0.4 is 10.1 Å². The molecule has 1 aromatic rings. The topological polar surface area (TPSA) is 21.3 Å². The average Bonchev–Trinajstić information content (AvgIpc) is 2.45. The zero-order valence-corrected chi connectivity index (χ0v) is 13.6. The Morgan fingerprint density at radius 3 is 2.35 bits per heavy atom. The minimum atomic E-state index is 0.734. The third-order valence-corrected chi connectivity index (χ3v) is 3.70. The minimum Gasteiger partial charge on any atom is -0.497 e. The maximum atomic E-state index is 5.22. The normalized spacial score (nSPS) is 12.7. The van der Waals surface area contributed by atoms with Gasteiger partial charge in [-0.15, -0.1) is 0 Å². The van der Waals surface area contributed by atoms with Crippen molar-refractivity contribution in [2.45, 2.75) is 46.5 Å². The predicted octanol–water partition coefficient (Wildman–Crippen LogP) is 4.29. The van der Waals surface area contributed by atoms with Gasteiger partial charge in [-0.1, -0.05) is 39.3 Å². The molecule has 1 atom stereocenters. The molecule has 0 aliphatic rings. The van der Waals surface area contributed by atoms with E-state index in [1.807, 2.05) is 0 Å². The molecule has 20 heavy (non-hydrogen) atoms. The first-order valence-electron chi connectivity index (χ1n) is 7.99. The Kier molecular flexibility index (Phi) is 8.36. The molecule has 2 heteroatoms. The van der Waals surface area contributed by atoms with Gasteiger partial charge in [0.1, 0.15) is 5.75 Å². The average molecular weight is 277 g/mol. The highest BCUT2D eigenvalue weighted by molar-refractivity contribution is 5.27. The minimum absolute atomic E-state index is 0.734. The molecule has 0 aromatic heterocycles. The molecule has 1 rings (SSSR count). The van der Waals surface area contributed by atoms with E-state index in [1.165, 1.54) is 24.8 Å². The Hall–Kier alpha value is -1.02. The predicted molar refractivity (Wildman–Crippen MR) is 87.4 cm³/mol. The van der Waals surface area contributed by atoms with Crippen molar-refractivity contribution in [1.82, 2.24) is 5.32 Å². The number of rotatable bonds is 10. The lowest BCUT2D eigenvalue weighted by Crippen LogP contribution is -2.25. The smallest absolute Gasteiger partial charge is 0.118 e. The highest BCUT2D eigenvalue weighted by Gasteiger charge is 2.10. The lowest BCUT2D eigenvalue weighted by molar-refractivity contribution is 0.398. The molecule has 1 unspecified atom stereocenters. The second kappa shape index (κ2) is 9.82. The Morgan fingerprint density at radius 2 is 1.80 bits per heavy atom. The molecule has 0 heterocycles. The summed E-state index contributed by atoms with van der Waals surface area (Å²) in [6, 6.07) is 8.52. The monoisotopic (exact) mass is 277 g/mol. The fourth-order valence-corrected chi connectivity index (χ4v) is 2.42. The van der Waals surface area contributed by atoms with Gasteiger partial charge in [-0.25, -0.2) is 0 Å². The van der Waals surface area contributed by atoms with E-state index >= 15 is 0 Å². The van der Waals surface area contributed by atoms with E-state index in [-0.39, 0.29) is 0 Å². The molecule has 1 N–H and O–H groups in total. The van der Waals surface area contributed by atoms with Gasteiger partial charge >= 0.3 is 0 Å². The number of nitrogens with one attached hydrogen (secondary N) is 1. The number of hydrogen-bond donors (Lipinski definition) is 1. The highest BCUT2D eigenvalue weighted by atomic mass is 16.5. The van der Waals surface area contributed by atoms with E-state index in [4.69, 9.17) is 4.74 Å². The van der Waals surface area contributed by atoms with Gasteiger partial charge in [-0.05, 0) is 61.9 Å². The maximum Gasteiger partial charge on any atom is 0.118 e. The van der Waals surface area contributed by atoms with Gasteiger partial charge in [0.15, 0.2) is 0 Å². The molecule has 0 fully saturated rings. The van der Waals surface area contributed by atoms with Crippen molar-refractivity contribution < 1.29 is 4.74 Å². The first-order valence-corrected chi connectivity index (χ1v) is 7.99. The summed E-state index contributed by atoms with van der Waals surface area (Å²) < 4.78 is 5.22. The van der Waals surface area contributed by atoms with Crippen molar-refractivity contribution in [3.8, 4) is 5.75 Å². The van der Waals surface area contributed by atoms with Crippen molar-refractivity contribution in [2.75, 3.05) is 20.2 Å². The molecule has 0 amide bonds. The fraction of sp³-hybridized carbons (Fsp3) is 0.667. The second-order valence-electron chi connectivity index (χ2n) is 6.09. The molecular formula is C18H31NO. The summed E-state index contributed by atoms with van der Waals surface area (Å²) in [5, 5.41) is 3.58. The van der Waals surface area contributed by atoms with Crippen LogP contribution in [0, 0.1) is 11.8 Å². The summed E-state index contributed by atoms with van der Waals surface area (Å²) >= 11 is 0. The van der Waals surface area contributed by atoms with E-state index in [0.717, 1.165) is 37.1 Å².